The van der Waals surface area contributed by atoms with Crippen LogP contribution >= 0.6 is 0 Å². The van der Waals surface area contributed by atoms with E-state index in [1.807, 2.05) is 0 Å². The van der Waals surface area contributed by atoms with Gasteiger partial charge in [0.2, 0.25) is 0 Å². The van der Waals surface area contributed by atoms with E-state index in [1.54, 1.807) is 11.1 Å². The Labute approximate surface area is 129 Å². The Bertz CT molecular complexity index is 437. The Morgan fingerprint density at radius 1 is 1.19 bits per heavy atom. The molecule has 1 N–H and O–H groups in total. The van der Waals surface area contributed by atoms with Crippen LogP contribution in [0.5, 0.6) is 0 Å². The second kappa shape index (κ2) is 7.42. The SMILES string of the molecule is CCCN(CC1CCCc2ccccc21)C1CCCNC1. The van der Waals surface area contributed by atoms with Crippen LogP contribution in [0.4, 0.5) is 0 Å². The van der Waals surface area contributed by atoms with Crippen LogP contribution in [0.25, 0.3) is 0 Å². The summed E-state index contributed by atoms with van der Waals surface area (Å²) < 4.78 is 0. The lowest BCUT2D eigenvalue weighted by molar-refractivity contribution is 0.152. The fraction of sp³-hybridized carbons (Fsp3) is 0.684. The number of piperidine rings is 1. The second-order valence-electron chi connectivity index (χ2n) is 6.78. The molecule has 1 aromatic carbocycles. The maximum Gasteiger partial charge on any atom is 0.0221 e. The molecule has 1 aliphatic heterocycles. The zero-order valence-corrected chi connectivity index (χ0v) is 13.5. The summed E-state index contributed by atoms with van der Waals surface area (Å²) in [6.45, 7) is 7.23. The molecule has 1 aromatic rings. The highest BCUT2D eigenvalue weighted by Gasteiger charge is 2.26. The number of rotatable bonds is 5. The molecule has 2 aliphatic rings. The van der Waals surface area contributed by atoms with Gasteiger partial charge in [-0.3, -0.25) is 4.90 Å². The number of hydrogen-bond donors (Lipinski definition) is 1. The molecular weight excluding hydrogens is 256 g/mol. The summed E-state index contributed by atoms with van der Waals surface area (Å²) in [4.78, 5) is 2.78. The fourth-order valence-corrected chi connectivity index (χ4v) is 4.18. The third-order valence-electron chi connectivity index (χ3n) is 5.25. The lowest BCUT2D eigenvalue weighted by atomic mass is 9.82. The van der Waals surface area contributed by atoms with Gasteiger partial charge in [-0.25, -0.2) is 0 Å². The molecule has 3 rings (SSSR count). The molecule has 1 heterocycles. The largest absolute Gasteiger partial charge is 0.315 e. The number of nitrogens with zero attached hydrogens (tertiary/aromatic N) is 1. The van der Waals surface area contributed by atoms with Gasteiger partial charge in [0, 0.05) is 19.1 Å². The zero-order chi connectivity index (χ0) is 14.5. The van der Waals surface area contributed by atoms with Crippen LogP contribution in [0, 0.1) is 0 Å². The van der Waals surface area contributed by atoms with Gasteiger partial charge in [-0.2, -0.15) is 0 Å². The highest BCUT2D eigenvalue weighted by atomic mass is 15.2. The average molecular weight is 286 g/mol. The Morgan fingerprint density at radius 2 is 2.10 bits per heavy atom. The summed E-state index contributed by atoms with van der Waals surface area (Å²) in [6, 6.07) is 9.91. The Morgan fingerprint density at radius 3 is 2.90 bits per heavy atom. The number of aryl methyl sites for hydroxylation is 1. The molecule has 0 amide bonds. The average Bonchev–Trinajstić information content (AvgIpc) is 2.55. The summed E-state index contributed by atoms with van der Waals surface area (Å²) in [6.07, 6.45) is 8.01. The van der Waals surface area contributed by atoms with Crippen molar-refractivity contribution in [2.45, 2.75) is 57.4 Å². The van der Waals surface area contributed by atoms with Crippen LogP contribution in [0.1, 0.15) is 56.1 Å². The van der Waals surface area contributed by atoms with Crippen molar-refractivity contribution in [2.75, 3.05) is 26.2 Å². The molecule has 1 fully saturated rings. The number of benzene rings is 1. The summed E-state index contributed by atoms with van der Waals surface area (Å²) in [7, 11) is 0. The Balaban J connectivity index is 1.71. The van der Waals surface area contributed by atoms with E-state index in [-0.39, 0.29) is 0 Å². The maximum absolute atomic E-state index is 3.59. The summed E-state index contributed by atoms with van der Waals surface area (Å²) >= 11 is 0. The predicted molar refractivity (Wildman–Crippen MR) is 89.9 cm³/mol. The van der Waals surface area contributed by atoms with Gasteiger partial charge in [0.15, 0.2) is 0 Å². The summed E-state index contributed by atoms with van der Waals surface area (Å²) in [5, 5.41) is 3.59. The van der Waals surface area contributed by atoms with Crippen LogP contribution in [0.3, 0.4) is 0 Å². The standard InChI is InChI=1S/C19H30N2/c1-2-13-21(18-10-6-12-20-14-18)15-17-9-5-8-16-7-3-4-11-19(16)17/h3-4,7,11,17-18,20H,2,5-6,8-10,12-15H2,1H3. The highest BCUT2D eigenvalue weighted by Crippen LogP contribution is 2.32. The molecule has 21 heavy (non-hydrogen) atoms. The van der Waals surface area contributed by atoms with Crippen LogP contribution in [0.15, 0.2) is 24.3 Å². The third-order valence-corrected chi connectivity index (χ3v) is 5.25. The van der Waals surface area contributed by atoms with Gasteiger partial charge in [0.05, 0.1) is 0 Å². The van der Waals surface area contributed by atoms with Gasteiger partial charge < -0.3 is 5.32 Å². The maximum atomic E-state index is 3.59. The topological polar surface area (TPSA) is 15.3 Å². The molecular formula is C19H30N2. The molecule has 0 saturated carbocycles. The molecule has 0 radical (unpaired) electrons. The third kappa shape index (κ3) is 3.67. The van der Waals surface area contributed by atoms with Crippen molar-refractivity contribution >= 4 is 0 Å². The van der Waals surface area contributed by atoms with Gasteiger partial charge in [0.1, 0.15) is 0 Å². The molecule has 2 nitrogen and oxygen atoms in total. The monoisotopic (exact) mass is 286 g/mol. The van der Waals surface area contributed by atoms with E-state index in [4.69, 9.17) is 0 Å². The molecule has 2 heteroatoms. The van der Waals surface area contributed by atoms with Crippen molar-refractivity contribution in [3.8, 4) is 0 Å². The van der Waals surface area contributed by atoms with Gasteiger partial charge in [-0.05, 0) is 68.7 Å². The molecule has 1 saturated heterocycles. The Hall–Kier alpha value is -0.860. The van der Waals surface area contributed by atoms with E-state index in [2.05, 4.69) is 41.4 Å². The van der Waals surface area contributed by atoms with Crippen LogP contribution in [-0.4, -0.2) is 37.1 Å². The molecule has 1 aliphatic carbocycles. The first-order valence-electron chi connectivity index (χ1n) is 8.91. The van der Waals surface area contributed by atoms with Crippen LogP contribution < -0.4 is 5.32 Å². The normalized spacial score (nSPS) is 25.8. The minimum Gasteiger partial charge on any atom is -0.315 e. The molecule has 0 bridgehead atoms. The first-order chi connectivity index (χ1) is 10.4. The van der Waals surface area contributed by atoms with E-state index < -0.39 is 0 Å². The minimum atomic E-state index is 0.753. The van der Waals surface area contributed by atoms with E-state index in [1.165, 1.54) is 64.7 Å². The molecule has 2 unspecified atom stereocenters. The Kier molecular flexibility index (Phi) is 5.32. The molecule has 0 aromatic heterocycles. The van der Waals surface area contributed by atoms with Gasteiger partial charge in [-0.15, -0.1) is 0 Å². The summed E-state index contributed by atoms with van der Waals surface area (Å²) in [5.74, 6) is 0.753. The van der Waals surface area contributed by atoms with Gasteiger partial charge in [-0.1, -0.05) is 31.2 Å². The van der Waals surface area contributed by atoms with Crippen LogP contribution in [0.2, 0.25) is 0 Å². The van der Waals surface area contributed by atoms with E-state index in [0.29, 0.717) is 0 Å². The fourth-order valence-electron chi connectivity index (χ4n) is 4.18. The van der Waals surface area contributed by atoms with Gasteiger partial charge >= 0.3 is 0 Å². The first kappa shape index (κ1) is 15.1. The molecule has 0 spiro atoms. The van der Waals surface area contributed by atoms with Gasteiger partial charge in [0.25, 0.3) is 0 Å². The lowest BCUT2D eigenvalue weighted by Gasteiger charge is -2.38. The molecule has 116 valence electrons. The quantitative estimate of drug-likeness (QED) is 0.890. The van der Waals surface area contributed by atoms with Crippen molar-refractivity contribution in [3.05, 3.63) is 35.4 Å². The predicted octanol–water partition coefficient (Wildman–Crippen LogP) is 3.57. The second-order valence-corrected chi connectivity index (χ2v) is 6.78. The molecule has 2 atom stereocenters. The van der Waals surface area contributed by atoms with E-state index >= 15 is 0 Å². The van der Waals surface area contributed by atoms with Crippen molar-refractivity contribution < 1.29 is 0 Å². The first-order valence-corrected chi connectivity index (χ1v) is 8.91. The van der Waals surface area contributed by atoms with E-state index in [9.17, 15) is 0 Å². The number of fused-ring (bicyclic) bond motifs is 1. The zero-order valence-electron chi connectivity index (χ0n) is 13.5. The lowest BCUT2D eigenvalue weighted by Crippen LogP contribution is -2.47. The van der Waals surface area contributed by atoms with Crippen molar-refractivity contribution in [3.63, 3.8) is 0 Å². The highest BCUT2D eigenvalue weighted by molar-refractivity contribution is 5.32. The van der Waals surface area contributed by atoms with Crippen molar-refractivity contribution in [1.82, 2.24) is 10.2 Å². The minimum absolute atomic E-state index is 0.753. The number of nitrogens with one attached hydrogen (secondary N) is 1. The summed E-state index contributed by atoms with van der Waals surface area (Å²) in [5.41, 5.74) is 3.24. The number of hydrogen-bond acceptors (Lipinski definition) is 2. The van der Waals surface area contributed by atoms with Crippen molar-refractivity contribution in [1.29, 1.82) is 0 Å². The smallest absolute Gasteiger partial charge is 0.0221 e. The van der Waals surface area contributed by atoms with Crippen LogP contribution in [-0.2, 0) is 6.42 Å². The van der Waals surface area contributed by atoms with E-state index in [0.717, 1.165) is 12.0 Å². The van der Waals surface area contributed by atoms with Crippen molar-refractivity contribution in [2.24, 2.45) is 0 Å².